The van der Waals surface area contributed by atoms with E-state index in [2.05, 4.69) is 10.0 Å². The largest absolute Gasteiger partial charge is 0.479 e. The number of aromatic nitrogens is 2. The number of para-hydroxylation sites is 1. The molecule has 318 valence electrons. The number of nitrogens with zero attached hydrogens (tertiary/aromatic N) is 6. The maximum atomic E-state index is 13.9. The van der Waals surface area contributed by atoms with Gasteiger partial charge in [-0.1, -0.05) is 36.3 Å². The number of cyclic esters (lactones) is 1. The molecular weight excluding hydrogens is 813 g/mol. The molecule has 0 aliphatic carbocycles. The molecule has 6 atom stereocenters. The van der Waals surface area contributed by atoms with Crippen LogP contribution < -0.4 is 10.3 Å². The average molecular weight is 855 g/mol. The molecule has 3 aliphatic heterocycles. The summed E-state index contributed by atoms with van der Waals surface area (Å²) in [6, 6.07) is 14.1. The van der Waals surface area contributed by atoms with Crippen molar-refractivity contribution in [2.45, 2.75) is 103 Å². The fourth-order valence-corrected chi connectivity index (χ4v) is 9.40. The first-order valence-corrected chi connectivity index (χ1v) is 20.5. The van der Waals surface area contributed by atoms with Crippen molar-refractivity contribution in [1.29, 1.82) is 0 Å². The Hall–Kier alpha value is -6.08. The quantitative estimate of drug-likeness (QED) is 0.0556. The van der Waals surface area contributed by atoms with Crippen LogP contribution in [0.1, 0.15) is 65.8 Å². The van der Waals surface area contributed by atoms with Crippen molar-refractivity contribution >= 4 is 50.4 Å². The number of aliphatic hydroxyl groups excluding tert-OH is 3. The second-order valence-electron chi connectivity index (χ2n) is 15.4. The lowest BCUT2D eigenvalue weighted by Crippen LogP contribution is -2.61. The Morgan fingerprint density at radius 3 is 2.61 bits per heavy atom. The van der Waals surface area contributed by atoms with Crippen molar-refractivity contribution in [1.82, 2.24) is 14.5 Å². The van der Waals surface area contributed by atoms with E-state index in [4.69, 9.17) is 29.5 Å². The molecule has 0 unspecified atom stereocenters. The SMILES string of the molecule is CC[C@@H]1C(=O)OCc2c1cc1n(c2=O)Cc2c-1nc1ccccc1c2CCN(C(=O)OCc1ccc(O[C@@H]2O[C@H](C(=O)O)[C@@H](O)[C@H](O)[C@H]2O)c2cc(CN=[N+]=[N-])sc12)C(C)C. The van der Waals surface area contributed by atoms with Gasteiger partial charge in [0.25, 0.3) is 5.56 Å². The maximum Gasteiger partial charge on any atom is 0.410 e. The fourth-order valence-electron chi connectivity index (χ4n) is 8.31. The first-order chi connectivity index (χ1) is 29.3. The minimum absolute atomic E-state index is 0.00697. The Bertz CT molecular complexity index is 2690. The summed E-state index contributed by atoms with van der Waals surface area (Å²) in [5.74, 6) is -2.32. The highest BCUT2D eigenvalue weighted by Gasteiger charge is 2.48. The van der Waals surface area contributed by atoms with Crippen LogP contribution in [0.2, 0.25) is 0 Å². The minimum Gasteiger partial charge on any atom is -0.479 e. The molecule has 18 nitrogen and oxygen atoms in total. The van der Waals surface area contributed by atoms with Crippen molar-refractivity contribution in [2.75, 3.05) is 6.54 Å². The molecule has 0 saturated carbocycles. The molecular formula is C42H42N6O12S. The van der Waals surface area contributed by atoms with E-state index in [1.165, 1.54) is 17.4 Å². The molecule has 6 heterocycles. The van der Waals surface area contributed by atoms with Crippen molar-refractivity contribution in [3.05, 3.63) is 102 Å². The number of carbonyl (C=O) groups excluding carboxylic acids is 2. The van der Waals surface area contributed by atoms with Crippen molar-refractivity contribution in [2.24, 2.45) is 5.11 Å². The van der Waals surface area contributed by atoms with Crippen LogP contribution in [-0.2, 0) is 56.5 Å². The summed E-state index contributed by atoms with van der Waals surface area (Å²) in [7, 11) is 0. The Labute approximate surface area is 351 Å². The number of thiophene rings is 1. The van der Waals surface area contributed by atoms with Crippen LogP contribution in [0.15, 0.2) is 58.4 Å². The van der Waals surface area contributed by atoms with Gasteiger partial charge in [0, 0.05) is 49.0 Å². The summed E-state index contributed by atoms with van der Waals surface area (Å²) >= 11 is 1.25. The first kappa shape index (κ1) is 41.6. The number of carboxylic acids is 1. The highest BCUT2D eigenvalue weighted by Crippen LogP contribution is 2.40. The second kappa shape index (κ2) is 16.8. The zero-order valence-electron chi connectivity index (χ0n) is 33.3. The van der Waals surface area contributed by atoms with Crippen LogP contribution in [0.3, 0.4) is 0 Å². The van der Waals surface area contributed by atoms with Gasteiger partial charge < -0.3 is 48.8 Å². The first-order valence-electron chi connectivity index (χ1n) is 19.7. The van der Waals surface area contributed by atoms with Gasteiger partial charge in [-0.3, -0.25) is 9.59 Å². The lowest BCUT2D eigenvalue weighted by molar-refractivity contribution is -0.270. The number of hydrogen-bond acceptors (Lipinski definition) is 14. The van der Waals surface area contributed by atoms with Gasteiger partial charge in [-0.15, -0.1) is 11.3 Å². The summed E-state index contributed by atoms with van der Waals surface area (Å²) in [5.41, 5.74) is 14.3. The molecule has 5 aromatic rings. The van der Waals surface area contributed by atoms with Gasteiger partial charge in [-0.2, -0.15) is 0 Å². The number of azide groups is 1. The lowest BCUT2D eigenvalue weighted by atomic mass is 9.90. The Balaban J connectivity index is 1.05. The molecule has 0 spiro atoms. The summed E-state index contributed by atoms with van der Waals surface area (Å²) in [6.45, 7) is 5.92. The number of aliphatic carboxylic acids is 1. The van der Waals surface area contributed by atoms with E-state index in [9.17, 15) is 39.6 Å². The van der Waals surface area contributed by atoms with E-state index in [1.807, 2.05) is 51.1 Å². The van der Waals surface area contributed by atoms with Gasteiger partial charge in [-0.25, -0.2) is 14.6 Å². The third kappa shape index (κ3) is 7.53. The number of esters is 1. The van der Waals surface area contributed by atoms with Gasteiger partial charge >= 0.3 is 18.0 Å². The number of rotatable bonds is 12. The summed E-state index contributed by atoms with van der Waals surface area (Å²) in [5, 5.41) is 45.5. The second-order valence-corrected chi connectivity index (χ2v) is 16.5. The molecule has 3 aromatic heterocycles. The highest BCUT2D eigenvalue weighted by atomic mass is 32.1. The van der Waals surface area contributed by atoms with Gasteiger partial charge in [0.1, 0.15) is 37.3 Å². The monoisotopic (exact) mass is 854 g/mol. The molecule has 0 radical (unpaired) electrons. The van der Waals surface area contributed by atoms with E-state index in [0.717, 1.165) is 22.0 Å². The Morgan fingerprint density at radius 1 is 1.08 bits per heavy atom. The number of pyridine rings is 2. The maximum absolute atomic E-state index is 13.9. The highest BCUT2D eigenvalue weighted by molar-refractivity contribution is 7.19. The predicted octanol–water partition coefficient (Wildman–Crippen LogP) is 4.86. The molecule has 0 bridgehead atoms. The molecule has 1 fully saturated rings. The van der Waals surface area contributed by atoms with Crippen molar-refractivity contribution in [3.8, 4) is 17.1 Å². The number of carboxylic acid groups (broad SMARTS) is 1. The molecule has 2 aromatic carbocycles. The Kier molecular flexibility index (Phi) is 11.4. The third-order valence-corrected chi connectivity index (χ3v) is 12.7. The smallest absolute Gasteiger partial charge is 0.410 e. The Morgan fingerprint density at radius 2 is 1.87 bits per heavy atom. The molecule has 4 N–H and O–H groups in total. The number of hydrogen-bond donors (Lipinski definition) is 4. The van der Waals surface area contributed by atoms with Gasteiger partial charge in [0.05, 0.1) is 41.5 Å². The van der Waals surface area contributed by atoms with Crippen LogP contribution in [0.5, 0.6) is 5.75 Å². The molecule has 3 aliphatic rings. The van der Waals surface area contributed by atoms with E-state index < -0.39 is 48.7 Å². The van der Waals surface area contributed by atoms with Crippen LogP contribution >= 0.6 is 11.3 Å². The molecule has 8 rings (SSSR count). The number of carbonyl (C=O) groups is 3. The molecule has 1 amide bonds. The van der Waals surface area contributed by atoms with E-state index >= 15 is 0 Å². The molecule has 61 heavy (non-hydrogen) atoms. The van der Waals surface area contributed by atoms with Gasteiger partial charge in [0.2, 0.25) is 6.29 Å². The third-order valence-electron chi connectivity index (χ3n) is 11.5. The summed E-state index contributed by atoms with van der Waals surface area (Å²) in [6.07, 6.45) is -8.79. The minimum atomic E-state index is -1.90. The predicted molar refractivity (Wildman–Crippen MR) is 219 cm³/mol. The van der Waals surface area contributed by atoms with E-state index in [0.29, 0.717) is 55.9 Å². The van der Waals surface area contributed by atoms with Crippen LogP contribution in [0, 0.1) is 0 Å². The number of ether oxygens (including phenoxy) is 4. The van der Waals surface area contributed by atoms with Crippen LogP contribution in [-0.4, -0.2) is 96.2 Å². The summed E-state index contributed by atoms with van der Waals surface area (Å²) in [4.78, 5) is 62.2. The van der Waals surface area contributed by atoms with Crippen molar-refractivity contribution < 1.29 is 53.8 Å². The fraction of sp³-hybridized carbons (Fsp3) is 0.405. The number of amides is 1. The number of aliphatic hydroxyl groups is 3. The number of fused-ring (bicyclic) bond motifs is 6. The van der Waals surface area contributed by atoms with E-state index in [1.54, 1.807) is 21.6 Å². The number of benzene rings is 2. The molecule has 1 saturated heterocycles. The standard InChI is InChI=1S/C42H42N6O12S/c1-4-22-25-14-30-32-27(16-48(30)38(52)28(25)18-57-40(22)55)23(24-7-5-6-8-29(24)45-32)11-12-47(19(2)3)42(56)58-17-20-9-10-31(26-13-21(15-44-46-43)61-37(20)26)59-41-35(51)33(49)34(50)36(60-41)39(53)54/h5-10,13-14,19,22,33-36,41,49-51H,4,11-12,15-18H2,1-3H3,(H,53,54)/t22-,33-,34-,35+,36-,41+/m0/s1. The topological polar surface area (TPSA) is 256 Å². The zero-order valence-corrected chi connectivity index (χ0v) is 34.1. The normalized spacial score (nSPS) is 21.7. The average Bonchev–Trinajstić information content (AvgIpc) is 3.84. The lowest BCUT2D eigenvalue weighted by Gasteiger charge is -2.38. The van der Waals surface area contributed by atoms with E-state index in [-0.39, 0.29) is 56.2 Å². The van der Waals surface area contributed by atoms with Gasteiger partial charge in [-0.05, 0) is 67.6 Å². The van der Waals surface area contributed by atoms with Crippen LogP contribution in [0.4, 0.5) is 4.79 Å². The summed E-state index contributed by atoms with van der Waals surface area (Å²) < 4.78 is 24.8. The zero-order chi connectivity index (χ0) is 43.3. The molecule has 19 heteroatoms. The van der Waals surface area contributed by atoms with Crippen molar-refractivity contribution in [3.63, 3.8) is 0 Å². The van der Waals surface area contributed by atoms with Gasteiger partial charge in [0.15, 0.2) is 6.10 Å². The van der Waals surface area contributed by atoms with Crippen LogP contribution in [0.25, 0.3) is 42.8 Å².